The second-order valence-electron chi connectivity index (χ2n) is 9.05. The highest BCUT2D eigenvalue weighted by Crippen LogP contribution is 2.15. The summed E-state index contributed by atoms with van der Waals surface area (Å²) >= 11 is 0. The molecule has 0 heterocycles. The topological polar surface area (TPSA) is 143 Å². The van der Waals surface area contributed by atoms with E-state index < -0.39 is 23.9 Å². The molecule has 0 bridgehead atoms. The Labute approximate surface area is 217 Å². The molecular formula is C27H34N5O5-. The van der Waals surface area contributed by atoms with Gasteiger partial charge in [0.15, 0.2) is 0 Å². The molecule has 198 valence electrons. The average Bonchev–Trinajstić information content (AvgIpc) is 2.81. The van der Waals surface area contributed by atoms with Crippen molar-refractivity contribution < 1.29 is 24.3 Å². The number of carboxylic acid groups (broad SMARTS) is 1. The summed E-state index contributed by atoms with van der Waals surface area (Å²) in [6.07, 6.45) is 1.37. The maximum Gasteiger partial charge on any atom is 0.336 e. The Bertz CT molecular complexity index is 1100. The summed E-state index contributed by atoms with van der Waals surface area (Å²) in [5.41, 5.74) is 5.46. The normalized spacial score (nSPS) is 11.2. The van der Waals surface area contributed by atoms with Crippen molar-refractivity contribution in [1.29, 1.82) is 0 Å². The summed E-state index contributed by atoms with van der Waals surface area (Å²) in [5.74, 6) is -1.67. The van der Waals surface area contributed by atoms with E-state index in [-0.39, 0.29) is 37.8 Å². The molecule has 0 fully saturated rings. The predicted molar refractivity (Wildman–Crippen MR) is 140 cm³/mol. The van der Waals surface area contributed by atoms with E-state index >= 15 is 0 Å². The van der Waals surface area contributed by atoms with E-state index in [1.807, 2.05) is 45.0 Å². The number of nitrogens with zero attached hydrogens (tertiary/aromatic N) is 1. The van der Waals surface area contributed by atoms with E-state index in [0.717, 1.165) is 10.6 Å². The number of hydrazine groups is 1. The first-order valence-electron chi connectivity index (χ1n) is 12.0. The number of nitrogens with one attached hydrogen (secondary N) is 4. The zero-order valence-electron chi connectivity index (χ0n) is 21.4. The van der Waals surface area contributed by atoms with Gasteiger partial charge in [-0.2, -0.15) is 0 Å². The highest BCUT2D eigenvalue weighted by molar-refractivity contribution is 6.00. The minimum atomic E-state index is -1.29. The lowest BCUT2D eigenvalue weighted by Crippen LogP contribution is -2.54. The number of para-hydroxylation sites is 1. The van der Waals surface area contributed by atoms with E-state index in [1.165, 1.54) is 6.08 Å². The van der Waals surface area contributed by atoms with Crippen LogP contribution < -0.4 is 26.5 Å². The minimum Gasteiger partial charge on any atom is -0.550 e. The minimum absolute atomic E-state index is 0.00725. The Hall–Kier alpha value is -4.34. The third-order valence-electron chi connectivity index (χ3n) is 5.21. The van der Waals surface area contributed by atoms with Crippen molar-refractivity contribution in [3.05, 3.63) is 72.3 Å². The number of aliphatic carboxylic acids is 1. The van der Waals surface area contributed by atoms with Crippen LogP contribution in [-0.4, -0.2) is 41.5 Å². The Morgan fingerprint density at radius 2 is 1.70 bits per heavy atom. The molecule has 2 rings (SSSR count). The van der Waals surface area contributed by atoms with E-state index in [2.05, 4.69) is 28.0 Å². The Kier molecular flexibility index (Phi) is 11.1. The van der Waals surface area contributed by atoms with Gasteiger partial charge in [-0.1, -0.05) is 50.3 Å². The molecule has 1 atom stereocenters. The number of carbonyl (C=O) groups is 4. The number of aryl methyl sites for hydroxylation is 1. The highest BCUT2D eigenvalue weighted by Gasteiger charge is 2.21. The van der Waals surface area contributed by atoms with Crippen LogP contribution in [0.2, 0.25) is 0 Å². The molecule has 2 aromatic carbocycles. The molecule has 0 aromatic heterocycles. The number of amides is 5. The summed E-state index contributed by atoms with van der Waals surface area (Å²) in [5, 5.41) is 20.2. The van der Waals surface area contributed by atoms with Gasteiger partial charge < -0.3 is 25.9 Å². The van der Waals surface area contributed by atoms with Gasteiger partial charge in [0.1, 0.15) is 0 Å². The number of hydrogen-bond donors (Lipinski definition) is 4. The molecule has 37 heavy (non-hydrogen) atoms. The SMILES string of the molecule is C=CCC(CC(=O)[O-])NC(=O)N(CC(C)C)NC(=O)Cc1ccc(NC(=O)Nc2ccccc2C)cc1. The summed E-state index contributed by atoms with van der Waals surface area (Å²) < 4.78 is 0. The quantitative estimate of drug-likeness (QED) is 0.273. The van der Waals surface area contributed by atoms with Crippen LogP contribution in [0.1, 0.15) is 37.8 Å². The summed E-state index contributed by atoms with van der Waals surface area (Å²) in [6.45, 7) is 9.46. The van der Waals surface area contributed by atoms with Crippen molar-refractivity contribution in [3.8, 4) is 0 Å². The zero-order chi connectivity index (χ0) is 27.4. The molecule has 0 aliphatic rings. The number of hydrogen-bond acceptors (Lipinski definition) is 5. The van der Waals surface area contributed by atoms with Gasteiger partial charge in [0.25, 0.3) is 0 Å². The van der Waals surface area contributed by atoms with E-state index in [9.17, 15) is 24.3 Å². The molecule has 0 aliphatic heterocycles. The summed E-state index contributed by atoms with van der Waals surface area (Å²) in [4.78, 5) is 48.6. The van der Waals surface area contributed by atoms with Crippen LogP contribution in [0.3, 0.4) is 0 Å². The third kappa shape index (κ3) is 10.4. The average molecular weight is 509 g/mol. The zero-order valence-corrected chi connectivity index (χ0v) is 21.4. The van der Waals surface area contributed by atoms with Crippen molar-refractivity contribution in [2.45, 2.75) is 46.1 Å². The number of benzene rings is 2. The van der Waals surface area contributed by atoms with Crippen LogP contribution in [0.15, 0.2) is 61.2 Å². The van der Waals surface area contributed by atoms with E-state index in [1.54, 1.807) is 24.3 Å². The first kappa shape index (κ1) is 28.9. The Balaban J connectivity index is 1.95. The number of rotatable bonds is 11. The second-order valence-corrected chi connectivity index (χ2v) is 9.05. The van der Waals surface area contributed by atoms with Crippen molar-refractivity contribution in [1.82, 2.24) is 15.8 Å². The molecular weight excluding hydrogens is 474 g/mol. The fourth-order valence-electron chi connectivity index (χ4n) is 3.47. The molecule has 0 radical (unpaired) electrons. The summed E-state index contributed by atoms with van der Waals surface area (Å²) in [7, 11) is 0. The van der Waals surface area contributed by atoms with Gasteiger partial charge >= 0.3 is 12.1 Å². The maximum absolute atomic E-state index is 12.7. The van der Waals surface area contributed by atoms with Crippen molar-refractivity contribution in [2.24, 2.45) is 5.92 Å². The van der Waals surface area contributed by atoms with Gasteiger partial charge in [-0.3, -0.25) is 10.2 Å². The van der Waals surface area contributed by atoms with E-state index in [4.69, 9.17) is 0 Å². The van der Waals surface area contributed by atoms with Crippen LogP contribution in [-0.2, 0) is 16.0 Å². The summed E-state index contributed by atoms with van der Waals surface area (Å²) in [6, 6.07) is 12.5. The van der Waals surface area contributed by atoms with Gasteiger partial charge in [-0.25, -0.2) is 14.6 Å². The number of anilines is 2. The van der Waals surface area contributed by atoms with Gasteiger partial charge in [0, 0.05) is 36.4 Å². The standard InChI is InChI=1S/C27H35N5O5/c1-5-8-22(16-25(34)35)29-27(37)32(17-18(2)3)31-24(33)15-20-11-13-21(14-12-20)28-26(36)30-23-10-7-6-9-19(23)4/h5-7,9-14,18,22H,1,8,15-17H2,2-4H3,(H,29,37)(H,31,33)(H,34,35)(H2,28,30,36)/p-1. The molecule has 0 saturated carbocycles. The lowest BCUT2D eigenvalue weighted by molar-refractivity contribution is -0.306. The van der Waals surface area contributed by atoms with Crippen LogP contribution in [0.4, 0.5) is 21.0 Å². The number of carboxylic acids is 1. The first-order chi connectivity index (χ1) is 17.6. The molecule has 2 aromatic rings. The lowest BCUT2D eigenvalue weighted by Gasteiger charge is -2.28. The Morgan fingerprint density at radius 3 is 2.30 bits per heavy atom. The molecule has 0 spiro atoms. The van der Waals surface area contributed by atoms with E-state index in [0.29, 0.717) is 16.9 Å². The van der Waals surface area contributed by atoms with Crippen molar-refractivity contribution in [2.75, 3.05) is 17.2 Å². The monoisotopic (exact) mass is 508 g/mol. The molecule has 1 unspecified atom stereocenters. The van der Waals surface area contributed by atoms with Crippen molar-refractivity contribution in [3.63, 3.8) is 0 Å². The molecule has 0 aliphatic carbocycles. The van der Waals surface area contributed by atoms with Gasteiger partial charge in [0.05, 0.1) is 6.42 Å². The molecule has 10 nitrogen and oxygen atoms in total. The number of urea groups is 2. The molecule has 10 heteroatoms. The maximum atomic E-state index is 12.7. The van der Waals surface area contributed by atoms with Crippen LogP contribution in [0.5, 0.6) is 0 Å². The van der Waals surface area contributed by atoms with Crippen LogP contribution >= 0.6 is 0 Å². The van der Waals surface area contributed by atoms with Crippen molar-refractivity contribution >= 4 is 35.3 Å². The van der Waals surface area contributed by atoms with Crippen LogP contribution in [0.25, 0.3) is 0 Å². The second kappa shape index (κ2) is 14.3. The fraction of sp³-hybridized carbons (Fsp3) is 0.333. The Morgan fingerprint density at radius 1 is 1.03 bits per heavy atom. The third-order valence-corrected chi connectivity index (χ3v) is 5.21. The van der Waals surface area contributed by atoms with Crippen LogP contribution in [0, 0.1) is 12.8 Å². The van der Waals surface area contributed by atoms with Gasteiger partial charge in [-0.05, 0) is 48.6 Å². The highest BCUT2D eigenvalue weighted by atomic mass is 16.4. The molecule has 4 N–H and O–H groups in total. The molecule has 0 saturated heterocycles. The smallest absolute Gasteiger partial charge is 0.336 e. The lowest BCUT2D eigenvalue weighted by atomic mass is 10.1. The largest absolute Gasteiger partial charge is 0.550 e. The predicted octanol–water partition coefficient (Wildman–Crippen LogP) is 2.97. The van der Waals surface area contributed by atoms with Gasteiger partial charge in [0.2, 0.25) is 5.91 Å². The van der Waals surface area contributed by atoms with Gasteiger partial charge in [-0.15, -0.1) is 6.58 Å². The number of carbonyl (C=O) groups excluding carboxylic acids is 4. The first-order valence-corrected chi connectivity index (χ1v) is 12.0. The molecule has 5 amide bonds. The fourth-order valence-corrected chi connectivity index (χ4v) is 3.47.